The second kappa shape index (κ2) is 8.05. The third-order valence-corrected chi connectivity index (χ3v) is 4.43. The van der Waals surface area contributed by atoms with Crippen LogP contribution in [0.3, 0.4) is 0 Å². The van der Waals surface area contributed by atoms with Gasteiger partial charge in [-0.25, -0.2) is 9.78 Å². The molecule has 2 amide bonds. The third kappa shape index (κ3) is 4.53. The molecule has 3 rings (SSSR count). The number of amides is 2. The molecule has 1 saturated heterocycles. The van der Waals surface area contributed by atoms with Gasteiger partial charge in [0.05, 0.1) is 6.10 Å². The van der Waals surface area contributed by atoms with Crippen molar-refractivity contribution in [1.29, 1.82) is 0 Å². The second-order valence-corrected chi connectivity index (χ2v) is 6.64. The Bertz CT molecular complexity index is 676. The molecule has 1 N–H and O–H groups in total. The molecule has 0 bridgehead atoms. The van der Waals surface area contributed by atoms with Gasteiger partial charge in [0.2, 0.25) is 5.88 Å². The van der Waals surface area contributed by atoms with E-state index in [2.05, 4.69) is 27.3 Å². The molecule has 25 heavy (non-hydrogen) atoms. The van der Waals surface area contributed by atoms with E-state index in [1.807, 2.05) is 43.0 Å². The number of pyridine rings is 1. The SMILES string of the molecule is CC(C)Oc1ncccc1CNC(=O)N1CCC(n2cccc2)CC1. The molecular formula is C19H26N4O2. The molecule has 6 heteroatoms. The zero-order valence-corrected chi connectivity index (χ0v) is 14.9. The number of hydrogen-bond acceptors (Lipinski definition) is 3. The molecule has 0 aromatic carbocycles. The monoisotopic (exact) mass is 342 g/mol. The summed E-state index contributed by atoms with van der Waals surface area (Å²) < 4.78 is 7.94. The predicted octanol–water partition coefficient (Wildman–Crippen LogP) is 3.22. The number of nitrogens with zero attached hydrogens (tertiary/aromatic N) is 3. The van der Waals surface area contributed by atoms with Crippen molar-refractivity contribution in [1.82, 2.24) is 19.8 Å². The Kier molecular flexibility index (Phi) is 5.58. The van der Waals surface area contributed by atoms with Crippen molar-refractivity contribution in [2.45, 2.75) is 45.4 Å². The van der Waals surface area contributed by atoms with Crippen molar-refractivity contribution < 1.29 is 9.53 Å². The summed E-state index contributed by atoms with van der Waals surface area (Å²) in [7, 11) is 0. The van der Waals surface area contributed by atoms with Crippen LogP contribution in [0.15, 0.2) is 42.9 Å². The minimum Gasteiger partial charge on any atom is -0.475 e. The summed E-state index contributed by atoms with van der Waals surface area (Å²) >= 11 is 0. The van der Waals surface area contributed by atoms with Gasteiger partial charge in [-0.3, -0.25) is 0 Å². The highest BCUT2D eigenvalue weighted by atomic mass is 16.5. The highest BCUT2D eigenvalue weighted by Gasteiger charge is 2.23. The molecule has 0 radical (unpaired) electrons. The van der Waals surface area contributed by atoms with Gasteiger partial charge in [0.25, 0.3) is 0 Å². The van der Waals surface area contributed by atoms with Gasteiger partial charge in [-0.1, -0.05) is 6.07 Å². The highest BCUT2D eigenvalue weighted by molar-refractivity contribution is 5.74. The summed E-state index contributed by atoms with van der Waals surface area (Å²) in [6.45, 7) is 5.90. The van der Waals surface area contributed by atoms with E-state index in [4.69, 9.17) is 4.74 Å². The first kappa shape index (κ1) is 17.3. The van der Waals surface area contributed by atoms with E-state index in [1.54, 1.807) is 6.20 Å². The van der Waals surface area contributed by atoms with Crippen molar-refractivity contribution >= 4 is 6.03 Å². The number of likely N-dealkylation sites (tertiary alicyclic amines) is 1. The Morgan fingerprint density at radius 3 is 2.68 bits per heavy atom. The maximum absolute atomic E-state index is 12.4. The van der Waals surface area contributed by atoms with Crippen LogP contribution in [0.4, 0.5) is 4.79 Å². The van der Waals surface area contributed by atoms with E-state index in [1.165, 1.54) is 0 Å². The Hall–Kier alpha value is -2.50. The summed E-state index contributed by atoms with van der Waals surface area (Å²) in [4.78, 5) is 18.6. The summed E-state index contributed by atoms with van der Waals surface area (Å²) in [5.41, 5.74) is 0.895. The first-order chi connectivity index (χ1) is 12.1. The number of piperidine rings is 1. The zero-order valence-electron chi connectivity index (χ0n) is 14.9. The topological polar surface area (TPSA) is 59.4 Å². The van der Waals surface area contributed by atoms with Crippen LogP contribution >= 0.6 is 0 Å². The lowest BCUT2D eigenvalue weighted by Crippen LogP contribution is -2.44. The summed E-state index contributed by atoms with van der Waals surface area (Å²) in [5, 5.41) is 2.99. The Morgan fingerprint density at radius 1 is 1.28 bits per heavy atom. The number of ether oxygens (including phenoxy) is 1. The van der Waals surface area contributed by atoms with Crippen LogP contribution in [0.2, 0.25) is 0 Å². The molecular weight excluding hydrogens is 316 g/mol. The number of carbonyl (C=O) groups is 1. The van der Waals surface area contributed by atoms with Crippen LogP contribution in [0.25, 0.3) is 0 Å². The van der Waals surface area contributed by atoms with Gasteiger partial charge in [-0.05, 0) is 44.9 Å². The minimum absolute atomic E-state index is 0.0229. The van der Waals surface area contributed by atoms with Crippen LogP contribution in [-0.2, 0) is 6.54 Å². The number of carbonyl (C=O) groups excluding carboxylic acids is 1. The van der Waals surface area contributed by atoms with Gasteiger partial charge in [-0.15, -0.1) is 0 Å². The van der Waals surface area contributed by atoms with E-state index in [-0.39, 0.29) is 12.1 Å². The molecule has 0 aliphatic carbocycles. The largest absolute Gasteiger partial charge is 0.475 e. The van der Waals surface area contributed by atoms with Crippen LogP contribution < -0.4 is 10.1 Å². The fourth-order valence-corrected chi connectivity index (χ4v) is 3.13. The van der Waals surface area contributed by atoms with E-state index in [0.717, 1.165) is 31.5 Å². The molecule has 0 unspecified atom stereocenters. The summed E-state index contributed by atoms with van der Waals surface area (Å²) in [6, 6.07) is 8.35. The normalized spacial score (nSPS) is 15.4. The molecule has 0 saturated carbocycles. The van der Waals surface area contributed by atoms with Crippen LogP contribution in [-0.4, -0.2) is 39.7 Å². The molecule has 2 aromatic heterocycles. The Morgan fingerprint density at radius 2 is 2.00 bits per heavy atom. The average Bonchev–Trinajstić information content (AvgIpc) is 3.15. The number of aromatic nitrogens is 2. The van der Waals surface area contributed by atoms with Gasteiger partial charge in [0, 0.05) is 49.8 Å². The molecule has 6 nitrogen and oxygen atoms in total. The molecule has 1 aliphatic rings. The van der Waals surface area contributed by atoms with Crippen molar-refractivity contribution in [2.75, 3.05) is 13.1 Å². The van der Waals surface area contributed by atoms with Crippen LogP contribution in [0.5, 0.6) is 5.88 Å². The van der Waals surface area contributed by atoms with Crippen molar-refractivity contribution in [3.05, 3.63) is 48.4 Å². The third-order valence-electron chi connectivity index (χ3n) is 4.43. The second-order valence-electron chi connectivity index (χ2n) is 6.64. The Balaban J connectivity index is 1.50. The smallest absolute Gasteiger partial charge is 0.317 e. The van der Waals surface area contributed by atoms with Crippen molar-refractivity contribution in [2.24, 2.45) is 0 Å². The number of hydrogen-bond donors (Lipinski definition) is 1. The van der Waals surface area contributed by atoms with E-state index >= 15 is 0 Å². The highest BCUT2D eigenvalue weighted by Crippen LogP contribution is 2.22. The fraction of sp³-hybridized carbons (Fsp3) is 0.474. The van der Waals surface area contributed by atoms with E-state index < -0.39 is 0 Å². The molecule has 0 atom stereocenters. The first-order valence-corrected chi connectivity index (χ1v) is 8.89. The summed E-state index contributed by atoms with van der Waals surface area (Å²) in [6.07, 6.45) is 7.91. The number of rotatable bonds is 5. The number of urea groups is 1. The lowest BCUT2D eigenvalue weighted by molar-refractivity contribution is 0.171. The van der Waals surface area contributed by atoms with Gasteiger partial charge in [0.15, 0.2) is 0 Å². The molecule has 1 fully saturated rings. The quantitative estimate of drug-likeness (QED) is 0.907. The molecule has 2 aromatic rings. The minimum atomic E-state index is -0.0229. The molecule has 0 spiro atoms. The predicted molar refractivity (Wildman–Crippen MR) is 96.5 cm³/mol. The Labute approximate surface area is 148 Å². The van der Waals surface area contributed by atoms with Gasteiger partial charge >= 0.3 is 6.03 Å². The first-order valence-electron chi connectivity index (χ1n) is 8.89. The van der Waals surface area contributed by atoms with Crippen LogP contribution in [0.1, 0.15) is 38.3 Å². The standard InChI is InChI=1S/C19H26N4O2/c1-15(2)25-18-16(6-5-9-20-18)14-21-19(24)23-12-7-17(8-13-23)22-10-3-4-11-22/h3-6,9-11,15,17H,7-8,12-14H2,1-2H3,(H,21,24). The average molecular weight is 342 g/mol. The molecule has 1 aliphatic heterocycles. The number of nitrogens with one attached hydrogen (secondary N) is 1. The van der Waals surface area contributed by atoms with E-state index in [0.29, 0.717) is 18.5 Å². The molecule has 134 valence electrons. The molecule has 3 heterocycles. The van der Waals surface area contributed by atoms with Gasteiger partial charge in [0.1, 0.15) is 0 Å². The van der Waals surface area contributed by atoms with Gasteiger partial charge in [-0.2, -0.15) is 0 Å². The maximum atomic E-state index is 12.4. The lowest BCUT2D eigenvalue weighted by atomic mass is 10.1. The lowest BCUT2D eigenvalue weighted by Gasteiger charge is -2.32. The van der Waals surface area contributed by atoms with Crippen molar-refractivity contribution in [3.63, 3.8) is 0 Å². The van der Waals surface area contributed by atoms with E-state index in [9.17, 15) is 4.79 Å². The fourth-order valence-electron chi connectivity index (χ4n) is 3.13. The maximum Gasteiger partial charge on any atom is 0.317 e. The van der Waals surface area contributed by atoms with Crippen LogP contribution in [0, 0.1) is 0 Å². The zero-order chi connectivity index (χ0) is 17.6. The summed E-state index contributed by atoms with van der Waals surface area (Å²) in [5.74, 6) is 0.587. The van der Waals surface area contributed by atoms with Crippen molar-refractivity contribution in [3.8, 4) is 5.88 Å². The van der Waals surface area contributed by atoms with Gasteiger partial charge < -0.3 is 19.5 Å².